The molecule has 0 bridgehead atoms. The lowest BCUT2D eigenvalue weighted by molar-refractivity contribution is -0.148. The van der Waals surface area contributed by atoms with Gasteiger partial charge in [-0.3, -0.25) is 4.90 Å². The Bertz CT molecular complexity index is 409. The molecule has 1 saturated heterocycles. The highest BCUT2D eigenvalue weighted by Crippen LogP contribution is 2.34. The number of hydrogen-bond acceptors (Lipinski definition) is 3. The first-order valence-corrected chi connectivity index (χ1v) is 6.26. The van der Waals surface area contributed by atoms with Crippen LogP contribution >= 0.6 is 24.8 Å². The fourth-order valence-corrected chi connectivity index (χ4v) is 2.37. The normalized spacial score (nSPS) is 17.5. The van der Waals surface area contributed by atoms with E-state index in [9.17, 15) is 18.3 Å². The van der Waals surface area contributed by atoms with Crippen LogP contribution in [-0.4, -0.2) is 42.4 Å². The molecular weight excluding hydrogens is 328 g/mol. The molecule has 122 valence electrons. The molecule has 2 N–H and O–H groups in total. The van der Waals surface area contributed by atoms with Gasteiger partial charge in [0.15, 0.2) is 0 Å². The third-order valence-corrected chi connectivity index (χ3v) is 3.30. The predicted molar refractivity (Wildman–Crippen MR) is 80.5 cm³/mol. The van der Waals surface area contributed by atoms with Gasteiger partial charge in [-0.05, 0) is 17.7 Å². The summed E-state index contributed by atoms with van der Waals surface area (Å²) in [4.78, 5) is 1.84. The lowest BCUT2D eigenvalue weighted by Gasteiger charge is -2.35. The van der Waals surface area contributed by atoms with Crippen LogP contribution in [0.1, 0.15) is 18.0 Å². The van der Waals surface area contributed by atoms with Crippen LogP contribution in [0.3, 0.4) is 0 Å². The molecule has 1 atom stereocenters. The van der Waals surface area contributed by atoms with E-state index < -0.39 is 18.6 Å². The SMILES string of the molecule is Cl.Cl.Oc1ccc([C@@H](CC(F)(F)F)N2CCNCC2)cc1. The maximum absolute atomic E-state index is 12.7. The topological polar surface area (TPSA) is 35.5 Å². The Morgan fingerprint density at radius 2 is 1.62 bits per heavy atom. The number of phenolic OH excluding ortho intramolecular Hbond substituents is 1. The predicted octanol–water partition coefficient (Wildman–Crippen LogP) is 3.13. The van der Waals surface area contributed by atoms with Crippen molar-refractivity contribution in [2.75, 3.05) is 26.2 Å². The summed E-state index contributed by atoms with van der Waals surface area (Å²) in [5.41, 5.74) is 0.594. The van der Waals surface area contributed by atoms with Gasteiger partial charge in [0.1, 0.15) is 5.75 Å². The second kappa shape index (κ2) is 8.68. The Hall–Kier alpha value is -0.690. The second-order valence-electron chi connectivity index (χ2n) is 4.71. The monoisotopic (exact) mass is 346 g/mol. The van der Waals surface area contributed by atoms with E-state index in [1.807, 2.05) is 4.90 Å². The molecule has 0 saturated carbocycles. The van der Waals surface area contributed by atoms with Crippen molar-refractivity contribution in [3.05, 3.63) is 29.8 Å². The fourth-order valence-electron chi connectivity index (χ4n) is 2.37. The third-order valence-electron chi connectivity index (χ3n) is 3.30. The van der Waals surface area contributed by atoms with Crippen molar-refractivity contribution in [2.24, 2.45) is 0 Å². The fraction of sp³-hybridized carbons (Fsp3) is 0.538. The Kier molecular flexibility index (Phi) is 8.39. The van der Waals surface area contributed by atoms with Crippen molar-refractivity contribution in [3.8, 4) is 5.75 Å². The van der Waals surface area contributed by atoms with E-state index in [-0.39, 0.29) is 30.6 Å². The summed E-state index contributed by atoms with van der Waals surface area (Å²) < 4.78 is 38.2. The quantitative estimate of drug-likeness (QED) is 0.882. The number of piperazine rings is 1. The Labute approximate surface area is 134 Å². The number of alkyl halides is 3. The van der Waals surface area contributed by atoms with Crippen LogP contribution in [0.15, 0.2) is 24.3 Å². The molecule has 3 nitrogen and oxygen atoms in total. The van der Waals surface area contributed by atoms with E-state index in [0.717, 1.165) is 0 Å². The van der Waals surface area contributed by atoms with Crippen LogP contribution in [-0.2, 0) is 0 Å². The molecule has 1 aliphatic rings. The standard InChI is InChI=1S/C13H17F3N2O.2ClH/c14-13(15,16)9-12(18-7-5-17-6-8-18)10-1-3-11(19)4-2-10;;/h1-4,12,17,19H,5-9H2;2*1H/t12-;;/m1../s1. The number of halogens is 5. The molecule has 0 unspecified atom stereocenters. The second-order valence-corrected chi connectivity index (χ2v) is 4.71. The van der Waals surface area contributed by atoms with Gasteiger partial charge in [0, 0.05) is 32.2 Å². The van der Waals surface area contributed by atoms with Gasteiger partial charge in [-0.2, -0.15) is 13.2 Å². The average molecular weight is 347 g/mol. The number of nitrogens with one attached hydrogen (secondary N) is 1. The highest BCUT2D eigenvalue weighted by molar-refractivity contribution is 5.85. The zero-order valence-corrected chi connectivity index (χ0v) is 12.9. The number of phenols is 1. The Morgan fingerprint density at radius 1 is 1.10 bits per heavy atom. The van der Waals surface area contributed by atoms with Crippen molar-refractivity contribution in [1.29, 1.82) is 0 Å². The van der Waals surface area contributed by atoms with E-state index >= 15 is 0 Å². The summed E-state index contributed by atoms with van der Waals surface area (Å²) in [6, 6.07) is 5.31. The first kappa shape index (κ1) is 20.3. The van der Waals surface area contributed by atoms with Gasteiger partial charge >= 0.3 is 6.18 Å². The average Bonchev–Trinajstić information content (AvgIpc) is 2.37. The van der Waals surface area contributed by atoms with Crippen molar-refractivity contribution in [2.45, 2.75) is 18.6 Å². The number of hydrogen-bond donors (Lipinski definition) is 2. The molecule has 0 spiro atoms. The molecule has 8 heteroatoms. The van der Waals surface area contributed by atoms with Crippen molar-refractivity contribution in [1.82, 2.24) is 10.2 Å². The van der Waals surface area contributed by atoms with Gasteiger partial charge in [-0.25, -0.2) is 0 Å². The molecule has 1 fully saturated rings. The van der Waals surface area contributed by atoms with Crippen molar-refractivity contribution < 1.29 is 18.3 Å². The van der Waals surface area contributed by atoms with Crippen molar-refractivity contribution >= 4 is 24.8 Å². The van der Waals surface area contributed by atoms with Gasteiger partial charge in [0.05, 0.1) is 6.42 Å². The maximum atomic E-state index is 12.7. The lowest BCUT2D eigenvalue weighted by Crippen LogP contribution is -2.46. The maximum Gasteiger partial charge on any atom is 0.390 e. The van der Waals surface area contributed by atoms with Crippen LogP contribution in [0.25, 0.3) is 0 Å². The minimum atomic E-state index is -4.20. The molecule has 2 rings (SSSR count). The van der Waals surface area contributed by atoms with Gasteiger partial charge in [0.2, 0.25) is 0 Å². The molecule has 0 aliphatic carbocycles. The zero-order valence-electron chi connectivity index (χ0n) is 11.3. The van der Waals surface area contributed by atoms with E-state index in [0.29, 0.717) is 31.7 Å². The number of aromatic hydroxyl groups is 1. The minimum absolute atomic E-state index is 0. The van der Waals surface area contributed by atoms with Gasteiger partial charge in [-0.15, -0.1) is 24.8 Å². The van der Waals surface area contributed by atoms with Gasteiger partial charge in [-0.1, -0.05) is 12.1 Å². The van der Waals surface area contributed by atoms with Gasteiger partial charge < -0.3 is 10.4 Å². The highest BCUT2D eigenvalue weighted by Gasteiger charge is 2.35. The molecular formula is C13H19Cl2F3N2O. The smallest absolute Gasteiger partial charge is 0.390 e. The molecule has 1 heterocycles. The van der Waals surface area contributed by atoms with Crippen molar-refractivity contribution in [3.63, 3.8) is 0 Å². The van der Waals surface area contributed by atoms with E-state index in [1.165, 1.54) is 12.1 Å². The summed E-state index contributed by atoms with van der Waals surface area (Å²) in [6.45, 7) is 2.60. The molecule has 0 aromatic heterocycles. The van der Waals surface area contributed by atoms with Crippen LogP contribution in [0.5, 0.6) is 5.75 Å². The first-order chi connectivity index (χ1) is 8.96. The first-order valence-electron chi connectivity index (χ1n) is 6.26. The summed E-state index contributed by atoms with van der Waals surface area (Å²) in [5.74, 6) is 0.0646. The van der Waals surface area contributed by atoms with E-state index in [2.05, 4.69) is 5.32 Å². The molecule has 1 aromatic carbocycles. The summed E-state index contributed by atoms with van der Waals surface area (Å²) in [7, 11) is 0. The highest BCUT2D eigenvalue weighted by atomic mass is 35.5. The number of rotatable bonds is 3. The van der Waals surface area contributed by atoms with Crippen LogP contribution in [0.4, 0.5) is 13.2 Å². The zero-order chi connectivity index (χ0) is 13.9. The molecule has 1 aliphatic heterocycles. The van der Waals surface area contributed by atoms with E-state index in [1.54, 1.807) is 12.1 Å². The van der Waals surface area contributed by atoms with Crippen LogP contribution in [0.2, 0.25) is 0 Å². The molecule has 1 aromatic rings. The van der Waals surface area contributed by atoms with E-state index in [4.69, 9.17) is 0 Å². The summed E-state index contributed by atoms with van der Waals surface area (Å²) >= 11 is 0. The molecule has 0 amide bonds. The Morgan fingerprint density at radius 3 is 2.10 bits per heavy atom. The minimum Gasteiger partial charge on any atom is -0.508 e. The molecule has 0 radical (unpaired) electrons. The summed E-state index contributed by atoms with van der Waals surface area (Å²) in [5, 5.41) is 12.4. The Balaban J connectivity index is 0.00000200. The van der Waals surface area contributed by atoms with Gasteiger partial charge in [0.25, 0.3) is 0 Å². The number of benzene rings is 1. The van der Waals surface area contributed by atoms with Crippen LogP contribution < -0.4 is 5.32 Å². The summed E-state index contributed by atoms with van der Waals surface area (Å²) in [6.07, 6.45) is -5.06. The number of nitrogens with zero attached hydrogens (tertiary/aromatic N) is 1. The molecule has 21 heavy (non-hydrogen) atoms. The largest absolute Gasteiger partial charge is 0.508 e. The lowest BCUT2D eigenvalue weighted by atomic mass is 10.0. The third kappa shape index (κ3) is 6.30. The van der Waals surface area contributed by atoms with Crippen LogP contribution in [0, 0.1) is 0 Å².